The van der Waals surface area contributed by atoms with E-state index in [2.05, 4.69) is 10.00 Å². The first kappa shape index (κ1) is 15.8. The number of hydrogen-bond acceptors (Lipinski definition) is 4. The van der Waals surface area contributed by atoms with E-state index in [9.17, 15) is 0 Å². The Morgan fingerprint density at radius 3 is 2.70 bits per heavy atom. The van der Waals surface area contributed by atoms with E-state index in [1.165, 1.54) is 0 Å². The zero-order valence-corrected chi connectivity index (χ0v) is 14.1. The molecule has 0 aliphatic rings. The van der Waals surface area contributed by atoms with Gasteiger partial charge in [-0.15, -0.1) is 11.3 Å². The maximum Gasteiger partial charge on any atom is 0.0847 e. The quantitative estimate of drug-likeness (QED) is 0.914. The highest BCUT2D eigenvalue weighted by Gasteiger charge is 2.22. The van der Waals surface area contributed by atoms with Gasteiger partial charge in [-0.05, 0) is 32.0 Å². The molecule has 0 saturated carbocycles. The van der Waals surface area contributed by atoms with Gasteiger partial charge in [0.05, 0.1) is 34.5 Å². The van der Waals surface area contributed by atoms with Crippen molar-refractivity contribution >= 4 is 34.5 Å². The smallest absolute Gasteiger partial charge is 0.0847 e. The van der Waals surface area contributed by atoms with E-state index in [-0.39, 0.29) is 6.04 Å². The molecule has 0 aromatic carbocycles. The highest BCUT2D eigenvalue weighted by Crippen LogP contribution is 2.36. The maximum atomic E-state index is 6.35. The summed E-state index contributed by atoms with van der Waals surface area (Å²) in [5.74, 6) is 0. The van der Waals surface area contributed by atoms with Gasteiger partial charge in [0.15, 0.2) is 0 Å². The summed E-state index contributed by atoms with van der Waals surface area (Å²) in [6.07, 6.45) is 1.64. The van der Waals surface area contributed by atoms with E-state index in [1.807, 2.05) is 31.1 Å². The lowest BCUT2D eigenvalue weighted by Gasteiger charge is -2.16. The second-order valence-corrected chi connectivity index (χ2v) is 6.68. The summed E-state index contributed by atoms with van der Waals surface area (Å²) in [5.41, 5.74) is 8.21. The Kier molecular flexibility index (Phi) is 5.09. The van der Waals surface area contributed by atoms with Crippen molar-refractivity contribution in [2.45, 2.75) is 19.5 Å². The van der Waals surface area contributed by atoms with Crippen LogP contribution >= 0.6 is 34.5 Å². The Morgan fingerprint density at radius 2 is 2.15 bits per heavy atom. The Bertz CT molecular complexity index is 591. The van der Waals surface area contributed by atoms with Crippen molar-refractivity contribution in [2.75, 3.05) is 20.6 Å². The molecule has 20 heavy (non-hydrogen) atoms. The first-order valence-corrected chi connectivity index (χ1v) is 7.90. The van der Waals surface area contributed by atoms with E-state index in [0.717, 1.165) is 34.2 Å². The molecule has 0 bridgehead atoms. The molecule has 0 radical (unpaired) electrons. The van der Waals surface area contributed by atoms with Gasteiger partial charge in [0.25, 0.3) is 0 Å². The topological polar surface area (TPSA) is 47.1 Å². The van der Waals surface area contributed by atoms with E-state index < -0.39 is 0 Å². The molecule has 2 heterocycles. The summed E-state index contributed by atoms with van der Waals surface area (Å²) in [6, 6.07) is -0.349. The molecule has 0 amide bonds. The second kappa shape index (κ2) is 6.45. The fourth-order valence-electron chi connectivity index (χ4n) is 1.94. The predicted octanol–water partition coefficient (Wildman–Crippen LogP) is 3.17. The molecule has 0 fully saturated rings. The SMILES string of the molecule is Cc1csc(C(N)c2c(Cl)cnn2CCN(C)C)c1Cl. The van der Waals surface area contributed by atoms with Gasteiger partial charge in [-0.1, -0.05) is 23.2 Å². The van der Waals surface area contributed by atoms with Gasteiger partial charge >= 0.3 is 0 Å². The zero-order valence-electron chi connectivity index (χ0n) is 11.7. The number of halogens is 2. The molecular weight excluding hydrogens is 315 g/mol. The van der Waals surface area contributed by atoms with Crippen LogP contribution in [0.1, 0.15) is 22.2 Å². The second-order valence-electron chi connectivity index (χ2n) is 4.98. The molecule has 0 aliphatic heterocycles. The minimum absolute atomic E-state index is 0.349. The summed E-state index contributed by atoms with van der Waals surface area (Å²) in [6.45, 7) is 3.58. The van der Waals surface area contributed by atoms with Crippen LogP contribution in [0, 0.1) is 6.92 Å². The average Bonchev–Trinajstić information content (AvgIpc) is 2.91. The Balaban J connectivity index is 2.31. The van der Waals surface area contributed by atoms with Crippen molar-refractivity contribution in [1.29, 1.82) is 0 Å². The number of nitrogens with zero attached hydrogens (tertiary/aromatic N) is 3. The molecule has 1 unspecified atom stereocenters. The lowest BCUT2D eigenvalue weighted by molar-refractivity contribution is 0.368. The standard InChI is InChI=1S/C13H18Cl2N4S/c1-8-7-20-13(10(8)15)11(16)12-9(14)6-17-19(12)5-4-18(2)3/h6-7,11H,4-5,16H2,1-3H3. The van der Waals surface area contributed by atoms with Crippen molar-refractivity contribution in [3.05, 3.63) is 37.8 Å². The van der Waals surface area contributed by atoms with Crippen LogP contribution in [0.15, 0.2) is 11.6 Å². The largest absolute Gasteiger partial charge is 0.318 e. The molecule has 0 aliphatic carbocycles. The van der Waals surface area contributed by atoms with Crippen LogP contribution in [0.2, 0.25) is 10.0 Å². The van der Waals surface area contributed by atoms with Crippen LogP contribution in [0.5, 0.6) is 0 Å². The highest BCUT2D eigenvalue weighted by molar-refractivity contribution is 7.10. The molecule has 2 N–H and O–H groups in total. The van der Waals surface area contributed by atoms with Gasteiger partial charge in [0.2, 0.25) is 0 Å². The van der Waals surface area contributed by atoms with Gasteiger partial charge in [-0.25, -0.2) is 0 Å². The molecule has 0 saturated heterocycles. The Hall–Kier alpha value is -0.590. The van der Waals surface area contributed by atoms with Gasteiger partial charge in [-0.3, -0.25) is 4.68 Å². The molecule has 2 rings (SSSR count). The summed E-state index contributed by atoms with van der Waals surface area (Å²) >= 11 is 14.1. The third-order valence-electron chi connectivity index (χ3n) is 3.09. The normalized spacial score (nSPS) is 13.2. The number of aryl methyl sites for hydroxylation is 1. The molecule has 110 valence electrons. The third kappa shape index (κ3) is 3.18. The predicted molar refractivity (Wildman–Crippen MR) is 85.9 cm³/mol. The van der Waals surface area contributed by atoms with Gasteiger partial charge < -0.3 is 10.6 Å². The molecule has 1 atom stereocenters. The van der Waals surface area contributed by atoms with Crippen molar-refractivity contribution in [3.63, 3.8) is 0 Å². The number of likely N-dealkylation sites (N-methyl/N-ethyl adjacent to an activating group) is 1. The van der Waals surface area contributed by atoms with Crippen LogP contribution in [0.3, 0.4) is 0 Å². The summed E-state index contributed by atoms with van der Waals surface area (Å²) in [7, 11) is 4.04. The maximum absolute atomic E-state index is 6.35. The van der Waals surface area contributed by atoms with Crippen LogP contribution in [0.4, 0.5) is 0 Å². The van der Waals surface area contributed by atoms with Crippen molar-refractivity contribution in [2.24, 2.45) is 5.73 Å². The fraction of sp³-hybridized carbons (Fsp3) is 0.462. The lowest BCUT2D eigenvalue weighted by atomic mass is 10.1. The summed E-state index contributed by atoms with van der Waals surface area (Å²) in [5, 5.41) is 7.62. The fourth-order valence-corrected chi connectivity index (χ4v) is 3.51. The molecule has 0 spiro atoms. The molecule has 7 heteroatoms. The minimum atomic E-state index is -0.349. The summed E-state index contributed by atoms with van der Waals surface area (Å²) in [4.78, 5) is 3.02. The van der Waals surface area contributed by atoms with Crippen LogP contribution in [-0.4, -0.2) is 35.3 Å². The van der Waals surface area contributed by atoms with E-state index in [0.29, 0.717) is 5.02 Å². The highest BCUT2D eigenvalue weighted by atomic mass is 35.5. The average molecular weight is 333 g/mol. The third-order valence-corrected chi connectivity index (χ3v) is 5.18. The zero-order chi connectivity index (χ0) is 14.9. The molecule has 4 nitrogen and oxygen atoms in total. The van der Waals surface area contributed by atoms with E-state index >= 15 is 0 Å². The number of thiophene rings is 1. The Labute approximate surface area is 133 Å². The van der Waals surface area contributed by atoms with E-state index in [1.54, 1.807) is 17.5 Å². The van der Waals surface area contributed by atoms with Gasteiger partial charge in [0.1, 0.15) is 0 Å². The van der Waals surface area contributed by atoms with Gasteiger partial charge in [-0.2, -0.15) is 5.10 Å². The van der Waals surface area contributed by atoms with Crippen LogP contribution in [0.25, 0.3) is 0 Å². The van der Waals surface area contributed by atoms with Crippen molar-refractivity contribution < 1.29 is 0 Å². The number of nitrogens with two attached hydrogens (primary N) is 1. The Morgan fingerprint density at radius 1 is 1.45 bits per heavy atom. The number of rotatable bonds is 5. The first-order valence-electron chi connectivity index (χ1n) is 6.26. The van der Waals surface area contributed by atoms with Crippen molar-refractivity contribution in [3.8, 4) is 0 Å². The number of hydrogen-bond donors (Lipinski definition) is 1. The number of aromatic nitrogens is 2. The van der Waals surface area contributed by atoms with Crippen LogP contribution in [-0.2, 0) is 6.54 Å². The molecule has 2 aromatic heterocycles. The lowest BCUT2D eigenvalue weighted by Crippen LogP contribution is -2.23. The summed E-state index contributed by atoms with van der Waals surface area (Å²) < 4.78 is 1.86. The van der Waals surface area contributed by atoms with Crippen LogP contribution < -0.4 is 5.73 Å². The minimum Gasteiger partial charge on any atom is -0.318 e. The van der Waals surface area contributed by atoms with E-state index in [4.69, 9.17) is 28.9 Å². The molecule has 2 aromatic rings. The van der Waals surface area contributed by atoms with Crippen molar-refractivity contribution in [1.82, 2.24) is 14.7 Å². The first-order chi connectivity index (χ1) is 9.41. The molecular formula is C13H18Cl2N4S. The monoisotopic (exact) mass is 332 g/mol. The van der Waals surface area contributed by atoms with Gasteiger partial charge in [0, 0.05) is 11.4 Å².